The molecule has 0 fully saturated rings. The number of rotatable bonds is 7. The average molecular weight is 189 g/mol. The van der Waals surface area contributed by atoms with Crippen LogP contribution in [-0.4, -0.2) is 29.8 Å². The number of carboxylic acids is 1. The fourth-order valence-electron chi connectivity index (χ4n) is 0.740. The van der Waals surface area contributed by atoms with E-state index in [0.717, 1.165) is 12.8 Å². The van der Waals surface area contributed by atoms with E-state index in [1.165, 1.54) is 6.92 Å². The van der Waals surface area contributed by atoms with Gasteiger partial charge in [0.1, 0.15) is 5.54 Å². The number of ether oxygens (including phenoxy) is 1. The fourth-order valence-corrected chi connectivity index (χ4v) is 0.740. The lowest BCUT2D eigenvalue weighted by Crippen LogP contribution is -2.45. The second-order valence-electron chi connectivity index (χ2n) is 3.44. The predicted molar refractivity (Wildman–Crippen MR) is 50.6 cm³/mol. The molecule has 3 N–H and O–H groups in total. The SMILES string of the molecule is CCCCOCCC(C)(N)C(=O)O. The summed E-state index contributed by atoms with van der Waals surface area (Å²) in [5.41, 5.74) is 4.33. The second-order valence-corrected chi connectivity index (χ2v) is 3.44. The topological polar surface area (TPSA) is 72.5 Å². The molecule has 0 bridgehead atoms. The van der Waals surface area contributed by atoms with Crippen molar-refractivity contribution in [2.24, 2.45) is 5.73 Å². The van der Waals surface area contributed by atoms with Crippen LogP contribution in [0.15, 0.2) is 0 Å². The van der Waals surface area contributed by atoms with Crippen LogP contribution >= 0.6 is 0 Å². The number of carboxylic acid groups (broad SMARTS) is 1. The maximum Gasteiger partial charge on any atom is 0.323 e. The van der Waals surface area contributed by atoms with E-state index in [1.807, 2.05) is 0 Å². The predicted octanol–water partition coefficient (Wildman–Crippen LogP) is 0.995. The molecule has 4 heteroatoms. The summed E-state index contributed by atoms with van der Waals surface area (Å²) in [5.74, 6) is -0.980. The van der Waals surface area contributed by atoms with Gasteiger partial charge in [0.15, 0.2) is 0 Å². The quantitative estimate of drug-likeness (QED) is 0.586. The van der Waals surface area contributed by atoms with Crippen LogP contribution in [0.3, 0.4) is 0 Å². The van der Waals surface area contributed by atoms with Gasteiger partial charge in [0.05, 0.1) is 0 Å². The molecule has 1 atom stereocenters. The van der Waals surface area contributed by atoms with Crippen LogP contribution in [0.4, 0.5) is 0 Å². The van der Waals surface area contributed by atoms with Gasteiger partial charge < -0.3 is 15.6 Å². The minimum absolute atomic E-state index is 0.353. The minimum Gasteiger partial charge on any atom is -0.480 e. The number of aliphatic carboxylic acids is 1. The fraction of sp³-hybridized carbons (Fsp3) is 0.889. The Balaban J connectivity index is 3.46. The van der Waals surface area contributed by atoms with Crippen molar-refractivity contribution in [1.82, 2.24) is 0 Å². The van der Waals surface area contributed by atoms with E-state index < -0.39 is 11.5 Å². The highest BCUT2D eigenvalue weighted by molar-refractivity contribution is 5.77. The summed E-state index contributed by atoms with van der Waals surface area (Å²) in [6.07, 6.45) is 2.44. The molecule has 0 aliphatic carbocycles. The van der Waals surface area contributed by atoms with Gasteiger partial charge in [0.2, 0.25) is 0 Å². The molecule has 4 nitrogen and oxygen atoms in total. The Hall–Kier alpha value is -0.610. The maximum absolute atomic E-state index is 10.6. The van der Waals surface area contributed by atoms with E-state index in [1.54, 1.807) is 0 Å². The molecule has 0 aromatic rings. The van der Waals surface area contributed by atoms with Crippen molar-refractivity contribution in [2.75, 3.05) is 13.2 Å². The molecular formula is C9H19NO3. The van der Waals surface area contributed by atoms with E-state index >= 15 is 0 Å². The van der Waals surface area contributed by atoms with Gasteiger partial charge in [0, 0.05) is 13.2 Å². The third-order valence-electron chi connectivity index (χ3n) is 1.90. The molecule has 0 saturated carbocycles. The minimum atomic E-state index is -1.16. The van der Waals surface area contributed by atoms with E-state index in [4.69, 9.17) is 15.6 Å². The zero-order valence-corrected chi connectivity index (χ0v) is 8.38. The van der Waals surface area contributed by atoms with Crippen molar-refractivity contribution in [3.05, 3.63) is 0 Å². The molecule has 0 saturated heterocycles. The van der Waals surface area contributed by atoms with Gasteiger partial charge in [0.25, 0.3) is 0 Å². The van der Waals surface area contributed by atoms with Gasteiger partial charge in [-0.3, -0.25) is 4.79 Å². The highest BCUT2D eigenvalue weighted by Gasteiger charge is 2.26. The van der Waals surface area contributed by atoms with Gasteiger partial charge >= 0.3 is 5.97 Å². The Morgan fingerprint density at radius 3 is 2.62 bits per heavy atom. The zero-order valence-electron chi connectivity index (χ0n) is 8.38. The summed E-state index contributed by atoms with van der Waals surface area (Å²) in [4.78, 5) is 10.6. The van der Waals surface area contributed by atoms with Crippen molar-refractivity contribution < 1.29 is 14.6 Å². The highest BCUT2D eigenvalue weighted by atomic mass is 16.5. The first kappa shape index (κ1) is 12.4. The Kier molecular flexibility index (Phi) is 5.66. The van der Waals surface area contributed by atoms with Crippen molar-refractivity contribution in [3.8, 4) is 0 Å². The Bertz CT molecular complexity index is 157. The first-order valence-electron chi connectivity index (χ1n) is 4.60. The average Bonchev–Trinajstić information content (AvgIpc) is 2.03. The van der Waals surface area contributed by atoms with E-state index in [0.29, 0.717) is 19.6 Å². The van der Waals surface area contributed by atoms with Crippen molar-refractivity contribution >= 4 is 5.97 Å². The zero-order chi connectivity index (χ0) is 10.3. The van der Waals surface area contributed by atoms with Crippen LogP contribution in [0.2, 0.25) is 0 Å². The normalized spacial score (nSPS) is 15.3. The maximum atomic E-state index is 10.6. The van der Waals surface area contributed by atoms with Crippen LogP contribution < -0.4 is 5.73 Å². The Morgan fingerprint density at radius 2 is 2.15 bits per heavy atom. The van der Waals surface area contributed by atoms with Gasteiger partial charge in [-0.25, -0.2) is 0 Å². The van der Waals surface area contributed by atoms with Crippen molar-refractivity contribution in [1.29, 1.82) is 0 Å². The molecule has 0 aliphatic heterocycles. The second kappa shape index (κ2) is 5.94. The third kappa shape index (κ3) is 5.60. The van der Waals surface area contributed by atoms with E-state index in [2.05, 4.69) is 6.92 Å². The summed E-state index contributed by atoms with van der Waals surface area (Å²) in [7, 11) is 0. The summed E-state index contributed by atoms with van der Waals surface area (Å²) in [6, 6.07) is 0. The number of nitrogens with two attached hydrogens (primary N) is 1. The lowest BCUT2D eigenvalue weighted by Gasteiger charge is -2.18. The van der Waals surface area contributed by atoms with Crippen LogP contribution in [0, 0.1) is 0 Å². The standard InChI is InChI=1S/C9H19NO3/c1-3-4-6-13-7-5-9(2,10)8(11)12/h3-7,10H2,1-2H3,(H,11,12). The number of hydrogen-bond acceptors (Lipinski definition) is 3. The molecule has 0 aliphatic rings. The molecule has 0 spiro atoms. The molecule has 13 heavy (non-hydrogen) atoms. The third-order valence-corrected chi connectivity index (χ3v) is 1.90. The van der Waals surface area contributed by atoms with Crippen LogP contribution in [0.25, 0.3) is 0 Å². The van der Waals surface area contributed by atoms with E-state index in [-0.39, 0.29) is 0 Å². The number of unbranched alkanes of at least 4 members (excludes halogenated alkanes) is 1. The number of carbonyl (C=O) groups is 1. The van der Waals surface area contributed by atoms with Gasteiger partial charge in [-0.15, -0.1) is 0 Å². The van der Waals surface area contributed by atoms with Gasteiger partial charge in [-0.1, -0.05) is 13.3 Å². The van der Waals surface area contributed by atoms with Gasteiger partial charge in [-0.05, 0) is 19.8 Å². The summed E-state index contributed by atoms with van der Waals surface area (Å²) < 4.78 is 5.22. The first-order chi connectivity index (χ1) is 6.00. The Labute approximate surface area is 79.1 Å². The molecule has 1 unspecified atom stereocenters. The molecule has 78 valence electrons. The summed E-state index contributed by atoms with van der Waals surface area (Å²) in [5, 5.41) is 8.66. The smallest absolute Gasteiger partial charge is 0.323 e. The lowest BCUT2D eigenvalue weighted by molar-refractivity contribution is -0.143. The van der Waals surface area contributed by atoms with Crippen LogP contribution in [0.5, 0.6) is 0 Å². The van der Waals surface area contributed by atoms with E-state index in [9.17, 15) is 4.79 Å². The van der Waals surface area contributed by atoms with Crippen LogP contribution in [-0.2, 0) is 9.53 Å². The molecule has 0 amide bonds. The van der Waals surface area contributed by atoms with Gasteiger partial charge in [-0.2, -0.15) is 0 Å². The van der Waals surface area contributed by atoms with Crippen molar-refractivity contribution in [3.63, 3.8) is 0 Å². The largest absolute Gasteiger partial charge is 0.480 e. The lowest BCUT2D eigenvalue weighted by atomic mass is 10.0. The first-order valence-corrected chi connectivity index (χ1v) is 4.60. The molecule has 0 rings (SSSR count). The van der Waals surface area contributed by atoms with Crippen LogP contribution in [0.1, 0.15) is 33.1 Å². The highest BCUT2D eigenvalue weighted by Crippen LogP contribution is 2.05. The molecular weight excluding hydrogens is 170 g/mol. The molecule has 0 aromatic heterocycles. The van der Waals surface area contributed by atoms with Crippen molar-refractivity contribution in [2.45, 2.75) is 38.6 Å². The molecule has 0 aromatic carbocycles. The molecule has 0 radical (unpaired) electrons. The summed E-state index contributed by atoms with van der Waals surface area (Å²) >= 11 is 0. The monoisotopic (exact) mass is 189 g/mol. The summed E-state index contributed by atoms with van der Waals surface area (Å²) in [6.45, 7) is 4.68. The Morgan fingerprint density at radius 1 is 1.54 bits per heavy atom. The molecule has 0 heterocycles. The number of hydrogen-bond donors (Lipinski definition) is 2.